The lowest BCUT2D eigenvalue weighted by molar-refractivity contribution is 0.0686. The summed E-state index contributed by atoms with van der Waals surface area (Å²) in [7, 11) is 2.14. The fraction of sp³-hybridized carbons (Fsp3) is 0.333. The van der Waals surface area contributed by atoms with Gasteiger partial charge in [-0.3, -0.25) is 4.90 Å². The van der Waals surface area contributed by atoms with Crippen molar-refractivity contribution in [1.29, 1.82) is 0 Å². The minimum Gasteiger partial charge on any atom is -0.478 e. The monoisotopic (exact) mass is 476 g/mol. The highest BCUT2D eigenvalue weighted by Crippen LogP contribution is 2.10. The van der Waals surface area contributed by atoms with Crippen molar-refractivity contribution in [3.05, 3.63) is 70.8 Å². The van der Waals surface area contributed by atoms with Crippen LogP contribution in [0, 0.1) is 0 Å². The largest absolute Gasteiger partial charge is 0.478 e. The summed E-state index contributed by atoms with van der Waals surface area (Å²) < 4.78 is 0. The summed E-state index contributed by atoms with van der Waals surface area (Å²) in [6.45, 7) is 5.28. The highest BCUT2D eigenvalue weighted by Gasteiger charge is 2.13. The van der Waals surface area contributed by atoms with Crippen LogP contribution in [0.25, 0.3) is 0 Å². The molecule has 0 atom stereocenters. The van der Waals surface area contributed by atoms with Crippen molar-refractivity contribution in [2.45, 2.75) is 12.4 Å². The van der Waals surface area contributed by atoms with Crippen LogP contribution in [0.15, 0.2) is 48.5 Å². The number of carboxylic acids is 2. The molecule has 1 heterocycles. The Morgan fingerprint density at radius 2 is 1.20 bits per heavy atom. The lowest BCUT2D eigenvalue weighted by Crippen LogP contribution is -2.43. The molecule has 1 saturated heterocycles. The second-order valence-electron chi connectivity index (χ2n) is 6.72. The normalized spacial score (nSPS) is 13.8. The molecule has 0 unspecified atom stereocenters. The number of hydrogen-bond donors (Lipinski definition) is 2. The zero-order valence-electron chi connectivity index (χ0n) is 16.7. The quantitative estimate of drug-likeness (QED) is 0.631. The van der Waals surface area contributed by atoms with E-state index in [1.165, 1.54) is 5.56 Å². The third kappa shape index (κ3) is 9.32. The first-order chi connectivity index (χ1) is 13.4. The average molecular weight is 478 g/mol. The second-order valence-corrected chi connectivity index (χ2v) is 6.98. The topological polar surface area (TPSA) is 81.1 Å². The molecule has 2 aromatic carbocycles. The van der Waals surface area contributed by atoms with Crippen LogP contribution in [-0.2, 0) is 12.4 Å². The Labute approximate surface area is 194 Å². The van der Waals surface area contributed by atoms with Gasteiger partial charge in [0, 0.05) is 38.6 Å². The second kappa shape index (κ2) is 14.2. The molecule has 30 heavy (non-hydrogen) atoms. The van der Waals surface area contributed by atoms with Gasteiger partial charge in [0.25, 0.3) is 0 Å². The number of likely N-dealkylation sites (N-methyl/N-ethyl adjacent to an activating group) is 1. The summed E-state index contributed by atoms with van der Waals surface area (Å²) in [6, 6.07) is 13.7. The van der Waals surface area contributed by atoms with Crippen molar-refractivity contribution in [2.75, 3.05) is 33.2 Å². The Morgan fingerprint density at radius 1 is 0.800 bits per heavy atom. The van der Waals surface area contributed by atoms with Crippen LogP contribution < -0.4 is 0 Å². The summed E-state index contributed by atoms with van der Waals surface area (Å²) in [4.78, 5) is 25.8. The fourth-order valence-electron chi connectivity index (χ4n) is 2.75. The third-order valence-electron chi connectivity index (χ3n) is 4.56. The van der Waals surface area contributed by atoms with Gasteiger partial charge in [0.15, 0.2) is 0 Å². The van der Waals surface area contributed by atoms with Gasteiger partial charge in [0.1, 0.15) is 0 Å². The molecule has 2 N–H and O–H groups in total. The molecule has 0 spiro atoms. The first-order valence-corrected chi connectivity index (χ1v) is 9.54. The van der Waals surface area contributed by atoms with Gasteiger partial charge in [0.2, 0.25) is 0 Å². The first-order valence-electron chi connectivity index (χ1n) is 9.00. The summed E-state index contributed by atoms with van der Waals surface area (Å²) in [5.74, 6) is -1.36. The molecule has 1 aliphatic heterocycles. The number of rotatable bonds is 5. The van der Waals surface area contributed by atoms with Crippen molar-refractivity contribution in [1.82, 2.24) is 9.80 Å². The number of halogens is 3. The van der Waals surface area contributed by atoms with Crippen LogP contribution >= 0.6 is 36.4 Å². The average Bonchev–Trinajstić information content (AvgIpc) is 2.70. The molecule has 1 aliphatic rings. The van der Waals surface area contributed by atoms with Crippen molar-refractivity contribution in [2.24, 2.45) is 0 Å². The van der Waals surface area contributed by atoms with E-state index in [9.17, 15) is 9.59 Å². The first kappa shape index (κ1) is 28.2. The standard InChI is InChI=1S/C13H18N2O2.C8H7ClO2.2ClH/c1-14-6-8-15(9-7-14)10-11-2-4-12(5-3-11)13(16)17;9-5-6-1-3-7(4-2-6)8(10)11;;/h2-5H,6-10H2,1H3,(H,16,17);1-4H,5H2,(H,10,11);2*1H. The molecule has 0 radical (unpaired) electrons. The molecule has 166 valence electrons. The third-order valence-corrected chi connectivity index (χ3v) is 4.87. The van der Waals surface area contributed by atoms with Gasteiger partial charge in [0.05, 0.1) is 11.1 Å². The van der Waals surface area contributed by atoms with Gasteiger partial charge in [-0.1, -0.05) is 24.3 Å². The van der Waals surface area contributed by atoms with Gasteiger partial charge in [-0.15, -0.1) is 36.4 Å². The van der Waals surface area contributed by atoms with Gasteiger partial charge >= 0.3 is 11.9 Å². The summed E-state index contributed by atoms with van der Waals surface area (Å²) >= 11 is 5.51. The molecule has 0 aromatic heterocycles. The van der Waals surface area contributed by atoms with E-state index >= 15 is 0 Å². The predicted molar refractivity (Wildman–Crippen MR) is 124 cm³/mol. The van der Waals surface area contributed by atoms with Crippen LogP contribution in [-0.4, -0.2) is 65.2 Å². The van der Waals surface area contributed by atoms with Crippen LogP contribution in [0.3, 0.4) is 0 Å². The van der Waals surface area contributed by atoms with Crippen molar-refractivity contribution < 1.29 is 19.8 Å². The van der Waals surface area contributed by atoms with Crippen LogP contribution in [0.5, 0.6) is 0 Å². The Hall–Kier alpha value is -1.83. The number of hydrogen-bond acceptors (Lipinski definition) is 4. The van der Waals surface area contributed by atoms with E-state index in [1.807, 2.05) is 12.1 Å². The lowest BCUT2D eigenvalue weighted by atomic mass is 10.1. The number of aromatic carboxylic acids is 2. The molecule has 6 nitrogen and oxygen atoms in total. The number of benzene rings is 2. The van der Waals surface area contributed by atoms with Gasteiger partial charge in [-0.25, -0.2) is 9.59 Å². The van der Waals surface area contributed by atoms with E-state index in [0.717, 1.165) is 38.3 Å². The van der Waals surface area contributed by atoms with Crippen LogP contribution in [0.1, 0.15) is 31.8 Å². The minimum atomic E-state index is -0.911. The van der Waals surface area contributed by atoms with E-state index < -0.39 is 11.9 Å². The highest BCUT2D eigenvalue weighted by atomic mass is 35.5. The molecule has 0 saturated carbocycles. The van der Waals surface area contributed by atoms with Crippen molar-refractivity contribution >= 4 is 48.4 Å². The molecular formula is C21H27Cl3N2O4. The van der Waals surface area contributed by atoms with E-state index in [2.05, 4.69) is 16.8 Å². The van der Waals surface area contributed by atoms with E-state index in [0.29, 0.717) is 17.0 Å². The molecular weight excluding hydrogens is 451 g/mol. The Balaban J connectivity index is 0.000000569. The Kier molecular flexibility index (Phi) is 13.4. The molecule has 0 aliphatic carbocycles. The molecule has 0 bridgehead atoms. The zero-order chi connectivity index (χ0) is 20.5. The molecule has 3 rings (SSSR count). The van der Waals surface area contributed by atoms with E-state index in [4.69, 9.17) is 21.8 Å². The highest BCUT2D eigenvalue weighted by molar-refractivity contribution is 6.17. The Bertz CT molecular complexity index is 778. The van der Waals surface area contributed by atoms with Gasteiger partial charge in [-0.05, 0) is 42.4 Å². The molecule has 0 amide bonds. The molecule has 2 aromatic rings. The number of alkyl halides is 1. The summed E-state index contributed by atoms with van der Waals surface area (Å²) in [6.07, 6.45) is 0. The van der Waals surface area contributed by atoms with Crippen LogP contribution in [0.2, 0.25) is 0 Å². The molecule has 9 heteroatoms. The maximum absolute atomic E-state index is 10.7. The number of carboxylic acid groups (broad SMARTS) is 2. The zero-order valence-corrected chi connectivity index (χ0v) is 19.1. The fourth-order valence-corrected chi connectivity index (χ4v) is 2.93. The maximum Gasteiger partial charge on any atom is 0.335 e. The lowest BCUT2D eigenvalue weighted by Gasteiger charge is -2.32. The molecule has 1 fully saturated rings. The smallest absolute Gasteiger partial charge is 0.335 e. The Morgan fingerprint density at radius 3 is 1.57 bits per heavy atom. The van der Waals surface area contributed by atoms with E-state index in [-0.39, 0.29) is 24.8 Å². The van der Waals surface area contributed by atoms with Gasteiger partial charge in [-0.2, -0.15) is 0 Å². The number of nitrogens with zero attached hydrogens (tertiary/aromatic N) is 2. The van der Waals surface area contributed by atoms with Gasteiger partial charge < -0.3 is 15.1 Å². The predicted octanol–water partition coefficient (Wildman–Crippen LogP) is 4.10. The summed E-state index contributed by atoms with van der Waals surface area (Å²) in [5.41, 5.74) is 2.75. The van der Waals surface area contributed by atoms with Crippen molar-refractivity contribution in [3.8, 4) is 0 Å². The van der Waals surface area contributed by atoms with E-state index in [1.54, 1.807) is 36.4 Å². The van der Waals surface area contributed by atoms with Crippen LogP contribution in [0.4, 0.5) is 0 Å². The number of piperazine rings is 1. The summed E-state index contributed by atoms with van der Waals surface area (Å²) in [5, 5.41) is 17.3. The minimum absolute atomic E-state index is 0. The van der Waals surface area contributed by atoms with Crippen molar-refractivity contribution in [3.63, 3.8) is 0 Å². The SMILES string of the molecule is CN1CCN(Cc2ccc(C(=O)O)cc2)CC1.Cl.Cl.O=C(O)c1ccc(CCl)cc1. The maximum atomic E-state index is 10.7. The number of carbonyl (C=O) groups is 2.